The minimum atomic E-state index is -3.96. The summed E-state index contributed by atoms with van der Waals surface area (Å²) in [6, 6.07) is 25.6. The van der Waals surface area contributed by atoms with E-state index in [0.29, 0.717) is 38.4 Å². The molecule has 0 amide bonds. The van der Waals surface area contributed by atoms with E-state index in [1.54, 1.807) is 12.1 Å². The SMILES string of the molecule is COc1ccc(S(=O)(=O)N(CC(C)C)C[C@@H](O)[C@@H](CC(=O)O[C@H]2CCO[C@H]3OC[C@H](OCc4ccccc4)[C@H]32)Cc2ccccc2)cc1. The number of ether oxygens (including phenoxy) is 5. The fraction of sp³-hybridized carbons (Fsp3) is 0.486. The van der Waals surface area contributed by atoms with Crippen LogP contribution in [0.25, 0.3) is 0 Å². The molecule has 6 atom stereocenters. The van der Waals surface area contributed by atoms with Gasteiger partial charge in [-0.2, -0.15) is 4.31 Å². The Hall–Kier alpha value is -3.32. The summed E-state index contributed by atoms with van der Waals surface area (Å²) in [6.45, 7) is 4.98. The number of nitrogens with zero attached hydrogens (tertiary/aromatic N) is 1. The van der Waals surface area contributed by atoms with E-state index < -0.39 is 40.4 Å². The minimum absolute atomic E-state index is 0.00471. The van der Waals surface area contributed by atoms with Gasteiger partial charge in [0.25, 0.3) is 0 Å². The summed E-state index contributed by atoms with van der Waals surface area (Å²) >= 11 is 0. The van der Waals surface area contributed by atoms with Crippen molar-refractivity contribution in [1.82, 2.24) is 4.31 Å². The first-order valence-corrected chi connectivity index (χ1v) is 18.0. The van der Waals surface area contributed by atoms with E-state index in [1.165, 1.54) is 23.5 Å². The largest absolute Gasteiger partial charge is 0.497 e. The van der Waals surface area contributed by atoms with Gasteiger partial charge in [-0.15, -0.1) is 0 Å². The van der Waals surface area contributed by atoms with Gasteiger partial charge < -0.3 is 28.8 Å². The highest BCUT2D eigenvalue weighted by Crippen LogP contribution is 2.36. The average molecular weight is 682 g/mol. The predicted octanol–water partition coefficient (Wildman–Crippen LogP) is 4.84. The van der Waals surface area contributed by atoms with E-state index >= 15 is 0 Å². The number of hydrogen-bond acceptors (Lipinski definition) is 9. The van der Waals surface area contributed by atoms with Gasteiger partial charge in [-0.25, -0.2) is 8.42 Å². The molecule has 11 heteroatoms. The zero-order valence-corrected chi connectivity index (χ0v) is 28.7. The fourth-order valence-corrected chi connectivity index (χ4v) is 7.97. The van der Waals surface area contributed by atoms with E-state index in [1.807, 2.05) is 74.5 Å². The lowest BCUT2D eigenvalue weighted by atomic mass is 9.90. The maximum absolute atomic E-state index is 13.8. The first-order valence-electron chi connectivity index (χ1n) is 16.6. The number of esters is 1. The molecule has 2 aliphatic heterocycles. The van der Waals surface area contributed by atoms with E-state index in [-0.39, 0.29) is 42.3 Å². The van der Waals surface area contributed by atoms with Gasteiger partial charge in [-0.05, 0) is 47.7 Å². The summed E-state index contributed by atoms with van der Waals surface area (Å²) in [6.07, 6.45) is -1.72. The van der Waals surface area contributed by atoms with Crippen molar-refractivity contribution in [3.8, 4) is 5.75 Å². The van der Waals surface area contributed by atoms with Crippen molar-refractivity contribution in [3.05, 3.63) is 96.1 Å². The molecule has 0 spiro atoms. The maximum atomic E-state index is 13.8. The van der Waals surface area contributed by atoms with Gasteiger partial charge in [-0.3, -0.25) is 4.79 Å². The zero-order chi connectivity index (χ0) is 34.1. The van der Waals surface area contributed by atoms with Crippen molar-refractivity contribution in [3.63, 3.8) is 0 Å². The topological polar surface area (TPSA) is 121 Å². The van der Waals surface area contributed by atoms with E-state index in [4.69, 9.17) is 23.7 Å². The van der Waals surface area contributed by atoms with E-state index in [2.05, 4.69) is 0 Å². The highest BCUT2D eigenvalue weighted by molar-refractivity contribution is 7.89. The quantitative estimate of drug-likeness (QED) is 0.212. The summed E-state index contributed by atoms with van der Waals surface area (Å²) in [5.41, 5.74) is 1.96. The van der Waals surface area contributed by atoms with Crippen LogP contribution >= 0.6 is 0 Å². The van der Waals surface area contributed by atoms with Crippen LogP contribution in [0.4, 0.5) is 0 Å². The van der Waals surface area contributed by atoms with Crippen molar-refractivity contribution in [2.24, 2.45) is 17.8 Å². The van der Waals surface area contributed by atoms with Crippen LogP contribution in [0, 0.1) is 17.8 Å². The number of aliphatic hydroxyl groups excluding tert-OH is 1. The highest BCUT2D eigenvalue weighted by Gasteiger charge is 2.48. The first-order chi connectivity index (χ1) is 23.1. The number of fused-ring (bicyclic) bond motifs is 1. The van der Waals surface area contributed by atoms with Crippen LogP contribution in [0.3, 0.4) is 0 Å². The average Bonchev–Trinajstić information content (AvgIpc) is 3.51. The van der Waals surface area contributed by atoms with Crippen LogP contribution < -0.4 is 4.74 Å². The summed E-state index contributed by atoms with van der Waals surface area (Å²) in [5.74, 6) is -0.834. The molecule has 1 N–H and O–H groups in total. The van der Waals surface area contributed by atoms with Crippen molar-refractivity contribution in [2.45, 2.75) is 69.2 Å². The Kier molecular flexibility index (Phi) is 12.6. The van der Waals surface area contributed by atoms with Gasteiger partial charge in [0.15, 0.2) is 6.29 Å². The Labute approximate surface area is 284 Å². The van der Waals surface area contributed by atoms with Gasteiger partial charge in [0.2, 0.25) is 10.0 Å². The number of sulfonamides is 1. The molecule has 0 aliphatic carbocycles. The lowest BCUT2D eigenvalue weighted by Gasteiger charge is -2.35. The summed E-state index contributed by atoms with van der Waals surface area (Å²) in [5, 5.41) is 11.7. The van der Waals surface area contributed by atoms with Crippen LogP contribution in [0.1, 0.15) is 37.8 Å². The molecule has 2 heterocycles. The molecule has 0 radical (unpaired) electrons. The van der Waals surface area contributed by atoms with Gasteiger partial charge >= 0.3 is 5.97 Å². The Morgan fingerprint density at radius 2 is 1.58 bits per heavy atom. The summed E-state index contributed by atoms with van der Waals surface area (Å²) in [4.78, 5) is 13.7. The van der Waals surface area contributed by atoms with Crippen LogP contribution in [0.15, 0.2) is 89.8 Å². The number of carbonyl (C=O) groups excluding carboxylic acids is 1. The predicted molar refractivity (Wildman–Crippen MR) is 180 cm³/mol. The Balaban J connectivity index is 1.30. The third kappa shape index (κ3) is 9.43. The molecule has 260 valence electrons. The minimum Gasteiger partial charge on any atom is -0.497 e. The molecule has 3 aromatic rings. The second kappa shape index (κ2) is 16.9. The third-order valence-electron chi connectivity index (χ3n) is 8.84. The van der Waals surface area contributed by atoms with Gasteiger partial charge in [0, 0.05) is 25.4 Å². The molecular weight excluding hydrogens is 634 g/mol. The normalized spacial score (nSPS) is 22.3. The molecule has 5 rings (SSSR count). The lowest BCUT2D eigenvalue weighted by molar-refractivity contribution is -0.201. The second-order valence-electron chi connectivity index (χ2n) is 12.9. The number of hydrogen-bond donors (Lipinski definition) is 1. The monoisotopic (exact) mass is 681 g/mol. The number of rotatable bonds is 16. The molecule has 2 fully saturated rings. The van der Waals surface area contributed by atoms with Gasteiger partial charge in [0.1, 0.15) is 11.9 Å². The van der Waals surface area contributed by atoms with E-state index in [9.17, 15) is 18.3 Å². The molecular formula is C37H47NO9S. The van der Waals surface area contributed by atoms with Crippen LogP contribution in [-0.2, 0) is 46.8 Å². The van der Waals surface area contributed by atoms with E-state index in [0.717, 1.165) is 11.1 Å². The third-order valence-corrected chi connectivity index (χ3v) is 10.7. The number of aliphatic hydroxyl groups is 1. The van der Waals surface area contributed by atoms with Crippen molar-refractivity contribution in [1.29, 1.82) is 0 Å². The van der Waals surface area contributed by atoms with Gasteiger partial charge in [0.05, 0.1) is 56.4 Å². The first kappa shape index (κ1) is 36.0. The second-order valence-corrected chi connectivity index (χ2v) is 14.9. The number of carbonyl (C=O) groups is 1. The van der Waals surface area contributed by atoms with Gasteiger partial charge in [-0.1, -0.05) is 74.5 Å². The highest BCUT2D eigenvalue weighted by atomic mass is 32.2. The molecule has 3 aromatic carbocycles. The number of methoxy groups -OCH3 is 1. The molecule has 2 aliphatic rings. The summed E-state index contributed by atoms with van der Waals surface area (Å²) in [7, 11) is -2.44. The van der Waals surface area contributed by atoms with Crippen molar-refractivity contribution in [2.75, 3.05) is 33.4 Å². The Morgan fingerprint density at radius 1 is 0.917 bits per heavy atom. The standard InChI is InChI=1S/C37H47NO9S/c1-26(2)22-38(48(41,42)31-16-14-30(43-3)15-17-31)23-32(39)29(20-27-10-6-4-7-11-27)21-35(40)47-33-18-19-44-37-36(33)34(25-46-37)45-24-28-12-8-5-9-13-28/h4-17,26,29,32-34,36-37,39H,18-25H2,1-3H3/t29-,32-,33+,34+,36-,37+/m1/s1. The van der Waals surface area contributed by atoms with Crippen LogP contribution in [-0.4, -0.2) is 81.8 Å². The van der Waals surface area contributed by atoms with Crippen LogP contribution in [0.5, 0.6) is 5.75 Å². The zero-order valence-electron chi connectivity index (χ0n) is 27.8. The summed E-state index contributed by atoms with van der Waals surface area (Å²) < 4.78 is 58.1. The molecule has 0 unspecified atom stereocenters. The van der Waals surface area contributed by atoms with Crippen LogP contribution in [0.2, 0.25) is 0 Å². The Morgan fingerprint density at radius 3 is 2.23 bits per heavy atom. The molecule has 48 heavy (non-hydrogen) atoms. The molecule has 0 aromatic heterocycles. The number of benzene rings is 3. The molecule has 0 saturated carbocycles. The fourth-order valence-electron chi connectivity index (χ4n) is 6.35. The molecule has 0 bridgehead atoms. The van der Waals surface area contributed by atoms with Crippen molar-refractivity contribution >= 4 is 16.0 Å². The smallest absolute Gasteiger partial charge is 0.306 e. The van der Waals surface area contributed by atoms with Crippen molar-refractivity contribution < 1.29 is 42.0 Å². The molecule has 10 nitrogen and oxygen atoms in total. The maximum Gasteiger partial charge on any atom is 0.306 e. The Bertz CT molecular complexity index is 1540. The lowest BCUT2D eigenvalue weighted by Crippen LogP contribution is -2.46. The molecule has 2 saturated heterocycles.